The molecule has 0 spiro atoms. The number of nitrogens with zero attached hydrogens (tertiary/aromatic N) is 4. The number of hydrogen-bond acceptors (Lipinski definition) is 6. The molecule has 0 unspecified atom stereocenters. The highest BCUT2D eigenvalue weighted by atomic mass is 32.2. The number of carbonyl (C=O) groups excluding carboxylic acids is 3. The van der Waals surface area contributed by atoms with Crippen LogP contribution in [-0.4, -0.2) is 42.1 Å². The molecule has 1 aromatic carbocycles. The molecule has 0 aliphatic carbocycles. The van der Waals surface area contributed by atoms with Gasteiger partial charge in [0, 0.05) is 18.7 Å². The summed E-state index contributed by atoms with van der Waals surface area (Å²) in [5, 5.41) is 6.82. The number of fused-ring (bicyclic) bond motifs is 1. The summed E-state index contributed by atoms with van der Waals surface area (Å²) in [5.41, 5.74) is 1.12. The van der Waals surface area contributed by atoms with Crippen LogP contribution in [0.25, 0.3) is 0 Å². The molecule has 10 heteroatoms. The van der Waals surface area contributed by atoms with Gasteiger partial charge in [0.1, 0.15) is 12.4 Å². The van der Waals surface area contributed by atoms with Crippen LogP contribution in [0.4, 0.5) is 10.5 Å². The zero-order valence-electron chi connectivity index (χ0n) is 15.8. The van der Waals surface area contributed by atoms with Crippen molar-refractivity contribution in [3.63, 3.8) is 0 Å². The number of anilines is 1. The van der Waals surface area contributed by atoms with Crippen LogP contribution in [0.15, 0.2) is 29.1 Å². The van der Waals surface area contributed by atoms with E-state index in [0.717, 1.165) is 48.8 Å². The molecule has 4 rings (SSSR count). The maximum atomic E-state index is 12.4. The van der Waals surface area contributed by atoms with E-state index in [1.807, 2.05) is 0 Å². The van der Waals surface area contributed by atoms with Crippen molar-refractivity contribution in [3.05, 3.63) is 46.1 Å². The molecule has 0 bridgehead atoms. The van der Waals surface area contributed by atoms with E-state index in [1.165, 1.54) is 9.58 Å². The van der Waals surface area contributed by atoms with Gasteiger partial charge in [-0.2, -0.15) is 5.10 Å². The first-order valence-corrected chi connectivity index (χ1v) is 10.5. The van der Waals surface area contributed by atoms with Crippen molar-refractivity contribution >= 4 is 34.5 Å². The van der Waals surface area contributed by atoms with Crippen molar-refractivity contribution in [2.45, 2.75) is 45.3 Å². The van der Waals surface area contributed by atoms with Crippen molar-refractivity contribution in [3.8, 4) is 0 Å². The average Bonchev–Trinajstić information content (AvgIpc) is 3.05. The van der Waals surface area contributed by atoms with E-state index in [0.29, 0.717) is 12.2 Å². The Hall–Kier alpha value is -2.88. The third-order valence-corrected chi connectivity index (χ3v) is 5.85. The van der Waals surface area contributed by atoms with E-state index in [-0.39, 0.29) is 41.6 Å². The largest absolute Gasteiger partial charge is 0.346 e. The number of thioether (sulfide) groups is 1. The second-order valence-electron chi connectivity index (χ2n) is 7.10. The number of imide groups is 1. The van der Waals surface area contributed by atoms with Gasteiger partial charge in [-0.05, 0) is 30.5 Å². The highest BCUT2D eigenvalue weighted by Crippen LogP contribution is 2.21. The Bertz CT molecular complexity index is 995. The van der Waals surface area contributed by atoms with E-state index >= 15 is 0 Å². The van der Waals surface area contributed by atoms with Crippen molar-refractivity contribution in [1.82, 2.24) is 19.2 Å². The van der Waals surface area contributed by atoms with Gasteiger partial charge in [-0.15, -0.1) is 0 Å². The predicted molar refractivity (Wildman–Crippen MR) is 108 cm³/mol. The Kier molecular flexibility index (Phi) is 5.52. The van der Waals surface area contributed by atoms with Crippen LogP contribution < -0.4 is 11.0 Å². The summed E-state index contributed by atoms with van der Waals surface area (Å²) in [6.07, 6.45) is 3.79. The fraction of sp³-hybridized carbons (Fsp3) is 0.421. The third-order valence-electron chi connectivity index (χ3n) is 4.99. The minimum Gasteiger partial charge on any atom is -0.324 e. The van der Waals surface area contributed by atoms with E-state index in [2.05, 4.69) is 10.4 Å². The molecular formula is C19H21N5O4S. The van der Waals surface area contributed by atoms with Gasteiger partial charge in [0.25, 0.3) is 5.24 Å². The minimum atomic E-state index is -0.339. The molecule has 3 heterocycles. The quantitative estimate of drug-likeness (QED) is 0.795. The maximum absolute atomic E-state index is 12.4. The first-order chi connectivity index (χ1) is 14.0. The normalized spacial score (nSPS) is 16.6. The molecule has 29 heavy (non-hydrogen) atoms. The average molecular weight is 415 g/mol. The fourth-order valence-corrected chi connectivity index (χ4v) is 4.20. The summed E-state index contributed by atoms with van der Waals surface area (Å²) in [4.78, 5) is 49.4. The molecule has 0 radical (unpaired) electrons. The van der Waals surface area contributed by atoms with Crippen LogP contribution in [0.2, 0.25) is 0 Å². The van der Waals surface area contributed by atoms with Gasteiger partial charge in [0.05, 0.1) is 12.3 Å². The lowest BCUT2D eigenvalue weighted by Crippen LogP contribution is -2.30. The van der Waals surface area contributed by atoms with Crippen molar-refractivity contribution in [2.75, 3.05) is 11.1 Å². The Labute approximate surface area is 171 Å². The first kappa shape index (κ1) is 19.4. The molecule has 2 aliphatic rings. The molecule has 1 fully saturated rings. The van der Waals surface area contributed by atoms with Crippen LogP contribution in [-0.2, 0) is 35.6 Å². The number of rotatable bonds is 5. The van der Waals surface area contributed by atoms with Crippen LogP contribution in [0.1, 0.15) is 30.7 Å². The standard InChI is InChI=1S/C19H21N5O4S/c25-16(11-24-18(27)22-9-3-1-2-4-15(22)21-24)20-14-7-5-13(6-8-14)10-23-17(26)12-29-19(23)28/h5-8H,1-4,9-12H2,(H,20,25). The van der Waals surface area contributed by atoms with Crippen molar-refractivity contribution in [2.24, 2.45) is 0 Å². The molecular weight excluding hydrogens is 394 g/mol. The first-order valence-electron chi connectivity index (χ1n) is 9.54. The van der Waals surface area contributed by atoms with Gasteiger partial charge in [-0.1, -0.05) is 30.3 Å². The van der Waals surface area contributed by atoms with Crippen LogP contribution in [0, 0.1) is 0 Å². The SMILES string of the molecule is O=C(Cn1nc2n(c1=O)CCCCC2)Nc1ccc(CN2C(=O)CSC2=O)cc1. The van der Waals surface area contributed by atoms with Gasteiger partial charge in [0.15, 0.2) is 0 Å². The van der Waals surface area contributed by atoms with Crippen LogP contribution in [0.3, 0.4) is 0 Å². The summed E-state index contributed by atoms with van der Waals surface area (Å²) in [6.45, 7) is 0.723. The molecule has 3 amide bonds. The zero-order chi connectivity index (χ0) is 20.4. The van der Waals surface area contributed by atoms with Crippen molar-refractivity contribution in [1.29, 1.82) is 0 Å². The Morgan fingerprint density at radius 1 is 1.10 bits per heavy atom. The Morgan fingerprint density at radius 3 is 2.62 bits per heavy atom. The minimum absolute atomic E-state index is 0.144. The lowest BCUT2D eigenvalue weighted by Gasteiger charge is -2.13. The monoisotopic (exact) mass is 415 g/mol. The number of benzene rings is 1. The van der Waals surface area contributed by atoms with E-state index in [4.69, 9.17) is 0 Å². The Morgan fingerprint density at radius 2 is 1.90 bits per heavy atom. The number of aromatic nitrogens is 3. The van der Waals surface area contributed by atoms with Crippen LogP contribution in [0.5, 0.6) is 0 Å². The Balaban J connectivity index is 1.37. The topological polar surface area (TPSA) is 106 Å². The number of hydrogen-bond donors (Lipinski definition) is 1. The highest BCUT2D eigenvalue weighted by Gasteiger charge is 2.29. The molecule has 2 aliphatic heterocycles. The lowest BCUT2D eigenvalue weighted by atomic mass is 10.2. The summed E-state index contributed by atoms with van der Waals surface area (Å²) in [7, 11) is 0. The number of nitrogens with one attached hydrogen (secondary N) is 1. The lowest BCUT2D eigenvalue weighted by molar-refractivity contribution is -0.125. The smallest absolute Gasteiger partial charge is 0.324 e. The summed E-state index contributed by atoms with van der Waals surface area (Å²) < 4.78 is 2.88. The fourth-order valence-electron chi connectivity index (χ4n) is 3.47. The van der Waals surface area contributed by atoms with Gasteiger partial charge in [-0.3, -0.25) is 23.9 Å². The zero-order valence-corrected chi connectivity index (χ0v) is 16.6. The number of carbonyl (C=O) groups is 3. The van der Waals surface area contributed by atoms with Gasteiger partial charge in [0.2, 0.25) is 11.8 Å². The maximum Gasteiger partial charge on any atom is 0.346 e. The summed E-state index contributed by atoms with van der Waals surface area (Å²) in [6, 6.07) is 6.92. The van der Waals surface area contributed by atoms with E-state index in [9.17, 15) is 19.2 Å². The molecule has 9 nitrogen and oxygen atoms in total. The molecule has 2 aromatic rings. The van der Waals surface area contributed by atoms with Crippen molar-refractivity contribution < 1.29 is 14.4 Å². The molecule has 0 atom stereocenters. The van der Waals surface area contributed by atoms with Gasteiger partial charge >= 0.3 is 5.69 Å². The second kappa shape index (κ2) is 8.24. The van der Waals surface area contributed by atoms with Gasteiger partial charge < -0.3 is 5.32 Å². The molecule has 1 saturated heterocycles. The van der Waals surface area contributed by atoms with Gasteiger partial charge in [-0.25, -0.2) is 9.48 Å². The molecule has 152 valence electrons. The molecule has 0 saturated carbocycles. The molecule has 1 aromatic heterocycles. The van der Waals surface area contributed by atoms with E-state index in [1.54, 1.807) is 28.8 Å². The third kappa shape index (κ3) is 4.26. The summed E-state index contributed by atoms with van der Waals surface area (Å²) in [5.74, 6) is 0.397. The summed E-state index contributed by atoms with van der Waals surface area (Å²) >= 11 is 1.00. The van der Waals surface area contributed by atoms with Crippen LogP contribution >= 0.6 is 11.8 Å². The highest BCUT2D eigenvalue weighted by molar-refractivity contribution is 8.14. The molecule has 1 N–H and O–H groups in total. The van der Waals surface area contributed by atoms with E-state index < -0.39 is 0 Å². The number of amides is 3. The predicted octanol–water partition coefficient (Wildman–Crippen LogP) is 1.61. The number of aryl methyl sites for hydroxylation is 1. The second-order valence-corrected chi connectivity index (χ2v) is 8.02.